The van der Waals surface area contributed by atoms with Gasteiger partial charge in [-0.05, 0) is 32.9 Å². The summed E-state index contributed by atoms with van der Waals surface area (Å²) in [4.78, 5) is 4.38. The summed E-state index contributed by atoms with van der Waals surface area (Å²) in [6.07, 6.45) is 0. The van der Waals surface area contributed by atoms with Crippen LogP contribution in [0.1, 0.15) is 26.3 Å². The minimum Gasteiger partial charge on any atom is -0.474 e. The van der Waals surface area contributed by atoms with Crippen LogP contribution in [0.5, 0.6) is 5.88 Å². The van der Waals surface area contributed by atoms with Crippen molar-refractivity contribution in [2.75, 3.05) is 13.2 Å². The van der Waals surface area contributed by atoms with E-state index in [0.717, 1.165) is 10.9 Å². The quantitative estimate of drug-likeness (QED) is 0.800. The Morgan fingerprint density at radius 2 is 1.95 bits per heavy atom. The van der Waals surface area contributed by atoms with Crippen molar-refractivity contribution in [3.05, 3.63) is 35.9 Å². The topological polar surface area (TPSA) is 55.1 Å². The van der Waals surface area contributed by atoms with Crippen LogP contribution >= 0.6 is 0 Å². The molecule has 0 atom stereocenters. The van der Waals surface area contributed by atoms with Crippen LogP contribution in [0.15, 0.2) is 30.3 Å². The number of hydrogen-bond donors (Lipinski definition) is 0. The lowest BCUT2D eigenvalue weighted by Gasteiger charge is -2.19. The first-order valence-corrected chi connectivity index (χ1v) is 6.56. The Balaban J connectivity index is 2.11. The molecule has 0 unspecified atom stereocenters. The van der Waals surface area contributed by atoms with E-state index in [1.807, 2.05) is 45.0 Å². The summed E-state index contributed by atoms with van der Waals surface area (Å²) in [6, 6.07) is 11.6. The molecule has 0 saturated carbocycles. The maximum absolute atomic E-state index is 9.16. The van der Waals surface area contributed by atoms with Gasteiger partial charge in [0.15, 0.2) is 0 Å². The number of rotatable bonds is 4. The van der Waals surface area contributed by atoms with Crippen LogP contribution in [0.3, 0.4) is 0 Å². The first kappa shape index (κ1) is 14.3. The van der Waals surface area contributed by atoms with E-state index < -0.39 is 0 Å². The molecule has 0 radical (unpaired) electrons. The zero-order chi connectivity index (χ0) is 14.6. The monoisotopic (exact) mass is 270 g/mol. The van der Waals surface area contributed by atoms with Crippen LogP contribution in [-0.2, 0) is 4.74 Å². The summed E-state index contributed by atoms with van der Waals surface area (Å²) in [7, 11) is 0. The highest BCUT2D eigenvalue weighted by atomic mass is 16.5. The third kappa shape index (κ3) is 3.69. The molecular weight excluding hydrogens is 252 g/mol. The average Bonchev–Trinajstić information content (AvgIpc) is 2.41. The van der Waals surface area contributed by atoms with Crippen molar-refractivity contribution in [3.63, 3.8) is 0 Å². The Bertz CT molecular complexity index is 639. The number of ether oxygens (including phenoxy) is 2. The molecule has 0 bridgehead atoms. The zero-order valence-electron chi connectivity index (χ0n) is 12.0. The maximum Gasteiger partial charge on any atom is 0.232 e. The fourth-order valence-corrected chi connectivity index (χ4v) is 1.77. The number of fused-ring (bicyclic) bond motifs is 1. The highest BCUT2D eigenvalue weighted by molar-refractivity contribution is 5.80. The summed E-state index contributed by atoms with van der Waals surface area (Å²) in [5, 5.41) is 10.1. The van der Waals surface area contributed by atoms with Gasteiger partial charge in [-0.15, -0.1) is 0 Å². The minimum absolute atomic E-state index is 0.196. The molecule has 4 heteroatoms. The van der Waals surface area contributed by atoms with Gasteiger partial charge in [0.25, 0.3) is 0 Å². The molecule has 1 aromatic heterocycles. The van der Waals surface area contributed by atoms with Crippen LogP contribution in [0.25, 0.3) is 10.9 Å². The van der Waals surface area contributed by atoms with E-state index in [1.165, 1.54) is 0 Å². The number of pyridine rings is 1. The minimum atomic E-state index is -0.196. The lowest BCUT2D eigenvalue weighted by molar-refractivity contribution is -0.0168. The van der Waals surface area contributed by atoms with E-state index in [1.54, 1.807) is 6.07 Å². The van der Waals surface area contributed by atoms with Crippen LogP contribution in [-0.4, -0.2) is 23.8 Å². The number of para-hydroxylation sites is 1. The normalized spacial score (nSPS) is 11.3. The van der Waals surface area contributed by atoms with Crippen LogP contribution in [0.2, 0.25) is 0 Å². The number of hydrogen-bond acceptors (Lipinski definition) is 4. The third-order valence-corrected chi connectivity index (χ3v) is 2.67. The van der Waals surface area contributed by atoms with E-state index in [0.29, 0.717) is 24.7 Å². The Morgan fingerprint density at radius 1 is 1.20 bits per heavy atom. The molecule has 2 aromatic rings. The van der Waals surface area contributed by atoms with Gasteiger partial charge < -0.3 is 9.47 Å². The van der Waals surface area contributed by atoms with Crippen molar-refractivity contribution < 1.29 is 9.47 Å². The van der Waals surface area contributed by atoms with E-state index in [-0.39, 0.29) is 5.60 Å². The molecule has 0 amide bonds. The van der Waals surface area contributed by atoms with Crippen LogP contribution < -0.4 is 4.74 Å². The third-order valence-electron chi connectivity index (χ3n) is 2.67. The van der Waals surface area contributed by atoms with Crippen molar-refractivity contribution in [3.8, 4) is 11.9 Å². The molecule has 0 fully saturated rings. The Hall–Kier alpha value is -2.12. The van der Waals surface area contributed by atoms with E-state index in [2.05, 4.69) is 11.1 Å². The Labute approximate surface area is 119 Å². The molecule has 4 nitrogen and oxygen atoms in total. The smallest absolute Gasteiger partial charge is 0.232 e. The molecule has 0 N–H and O–H groups in total. The standard InChI is InChI=1S/C16H18N2O2/c1-16(2,3)20-9-8-19-15-13(11-17)10-12-6-4-5-7-14(12)18-15/h4-7,10H,8-9H2,1-3H3. The molecule has 0 aliphatic carbocycles. The van der Waals surface area contributed by atoms with Gasteiger partial charge in [0, 0.05) is 5.39 Å². The van der Waals surface area contributed by atoms with Crippen molar-refractivity contribution in [1.82, 2.24) is 4.98 Å². The summed E-state index contributed by atoms with van der Waals surface area (Å²) >= 11 is 0. The molecule has 0 aliphatic heterocycles. The molecule has 2 rings (SSSR count). The molecule has 0 spiro atoms. The molecule has 1 heterocycles. The summed E-state index contributed by atoms with van der Waals surface area (Å²) in [6.45, 7) is 6.80. The number of nitriles is 1. The number of nitrogens with zero attached hydrogens (tertiary/aromatic N) is 2. The SMILES string of the molecule is CC(C)(C)OCCOc1nc2ccccc2cc1C#N. The maximum atomic E-state index is 9.16. The fraction of sp³-hybridized carbons (Fsp3) is 0.375. The van der Waals surface area contributed by atoms with Gasteiger partial charge in [-0.25, -0.2) is 4.98 Å². The summed E-state index contributed by atoms with van der Waals surface area (Å²) < 4.78 is 11.1. The van der Waals surface area contributed by atoms with E-state index >= 15 is 0 Å². The second kappa shape index (κ2) is 5.89. The van der Waals surface area contributed by atoms with Gasteiger partial charge in [0.05, 0.1) is 17.7 Å². The molecule has 1 aromatic carbocycles. The van der Waals surface area contributed by atoms with Gasteiger partial charge in [-0.2, -0.15) is 5.26 Å². The van der Waals surface area contributed by atoms with Gasteiger partial charge >= 0.3 is 0 Å². The number of aromatic nitrogens is 1. The van der Waals surface area contributed by atoms with Gasteiger partial charge in [-0.3, -0.25) is 0 Å². The van der Waals surface area contributed by atoms with Crippen LogP contribution in [0.4, 0.5) is 0 Å². The number of benzene rings is 1. The van der Waals surface area contributed by atoms with Gasteiger partial charge in [0.1, 0.15) is 18.2 Å². The second-order valence-electron chi connectivity index (χ2n) is 5.45. The predicted molar refractivity (Wildman–Crippen MR) is 77.7 cm³/mol. The van der Waals surface area contributed by atoms with E-state index in [4.69, 9.17) is 14.7 Å². The van der Waals surface area contributed by atoms with E-state index in [9.17, 15) is 0 Å². The predicted octanol–water partition coefficient (Wildman–Crippen LogP) is 3.30. The summed E-state index contributed by atoms with van der Waals surface area (Å²) in [5.74, 6) is 0.365. The highest BCUT2D eigenvalue weighted by Gasteiger charge is 2.11. The van der Waals surface area contributed by atoms with Crippen molar-refractivity contribution >= 4 is 10.9 Å². The first-order valence-electron chi connectivity index (χ1n) is 6.56. The molecule has 0 aliphatic rings. The second-order valence-corrected chi connectivity index (χ2v) is 5.45. The Morgan fingerprint density at radius 3 is 2.65 bits per heavy atom. The van der Waals surface area contributed by atoms with Crippen LogP contribution in [0, 0.1) is 11.3 Å². The van der Waals surface area contributed by atoms with Gasteiger partial charge in [-0.1, -0.05) is 18.2 Å². The first-order chi connectivity index (χ1) is 9.49. The molecule has 0 saturated heterocycles. The lowest BCUT2D eigenvalue weighted by Crippen LogP contribution is -2.22. The van der Waals surface area contributed by atoms with Gasteiger partial charge in [0.2, 0.25) is 5.88 Å². The zero-order valence-corrected chi connectivity index (χ0v) is 12.0. The lowest BCUT2D eigenvalue weighted by atomic mass is 10.1. The summed E-state index contributed by atoms with van der Waals surface area (Å²) in [5.41, 5.74) is 1.07. The molecular formula is C16H18N2O2. The van der Waals surface area contributed by atoms with Crippen molar-refractivity contribution in [2.45, 2.75) is 26.4 Å². The molecule has 20 heavy (non-hydrogen) atoms. The fourth-order valence-electron chi connectivity index (χ4n) is 1.77. The Kier molecular flexibility index (Phi) is 4.21. The van der Waals surface area contributed by atoms with Crippen molar-refractivity contribution in [1.29, 1.82) is 5.26 Å². The largest absolute Gasteiger partial charge is 0.474 e. The average molecular weight is 270 g/mol. The highest BCUT2D eigenvalue weighted by Crippen LogP contribution is 2.21. The van der Waals surface area contributed by atoms with Crippen molar-refractivity contribution in [2.24, 2.45) is 0 Å². The molecule has 104 valence electrons.